The van der Waals surface area contributed by atoms with Crippen molar-refractivity contribution < 1.29 is 14.7 Å². The number of rotatable bonds is 3. The molecule has 1 aromatic carbocycles. The number of nitrogens with zero attached hydrogens (tertiary/aromatic N) is 1. The summed E-state index contributed by atoms with van der Waals surface area (Å²) in [4.78, 5) is 24.1. The van der Waals surface area contributed by atoms with E-state index in [4.69, 9.17) is 5.11 Å². The number of carbonyl (C=O) groups excluding carboxylic acids is 1. The van der Waals surface area contributed by atoms with Crippen LogP contribution in [0.1, 0.15) is 24.0 Å². The zero-order valence-electron chi connectivity index (χ0n) is 9.72. The third-order valence-corrected chi connectivity index (χ3v) is 3.05. The molecule has 1 N–H and O–H groups in total. The minimum absolute atomic E-state index is 0.0705. The molecule has 90 valence electrons. The molecule has 4 heteroatoms. The number of carbonyl (C=O) groups is 2. The second-order valence-electron chi connectivity index (χ2n) is 4.40. The van der Waals surface area contributed by atoms with Crippen LogP contribution in [0.5, 0.6) is 0 Å². The highest BCUT2D eigenvalue weighted by Gasteiger charge is 2.35. The van der Waals surface area contributed by atoms with Crippen LogP contribution in [0.25, 0.3) is 0 Å². The SMILES string of the molecule is Cc1cccc(CN2C(=O)CC[C@H]2C(=O)O)c1. The maximum absolute atomic E-state index is 11.6. The van der Waals surface area contributed by atoms with Gasteiger partial charge in [0.2, 0.25) is 5.91 Å². The highest BCUT2D eigenvalue weighted by Crippen LogP contribution is 2.21. The van der Waals surface area contributed by atoms with E-state index in [-0.39, 0.29) is 5.91 Å². The van der Waals surface area contributed by atoms with Crippen molar-refractivity contribution >= 4 is 11.9 Å². The first-order valence-corrected chi connectivity index (χ1v) is 5.66. The van der Waals surface area contributed by atoms with Crippen LogP contribution in [0.4, 0.5) is 0 Å². The molecule has 0 aromatic heterocycles. The standard InChI is InChI=1S/C13H15NO3/c1-9-3-2-4-10(7-9)8-14-11(13(16)17)5-6-12(14)15/h2-4,7,11H,5-6,8H2,1H3,(H,16,17)/t11-/m0/s1. The molecule has 1 amide bonds. The summed E-state index contributed by atoms with van der Waals surface area (Å²) in [6.45, 7) is 2.36. The smallest absolute Gasteiger partial charge is 0.326 e. The van der Waals surface area contributed by atoms with Crippen molar-refractivity contribution in [2.75, 3.05) is 0 Å². The fourth-order valence-corrected chi connectivity index (χ4v) is 2.20. The van der Waals surface area contributed by atoms with Gasteiger partial charge >= 0.3 is 5.97 Å². The number of aliphatic carboxylic acids is 1. The molecule has 1 atom stereocenters. The van der Waals surface area contributed by atoms with E-state index in [1.165, 1.54) is 4.90 Å². The summed E-state index contributed by atoms with van der Waals surface area (Å²) in [6.07, 6.45) is 0.753. The molecule has 0 radical (unpaired) electrons. The Morgan fingerprint density at radius 3 is 2.94 bits per heavy atom. The fourth-order valence-electron chi connectivity index (χ4n) is 2.20. The second-order valence-corrected chi connectivity index (χ2v) is 4.40. The van der Waals surface area contributed by atoms with Gasteiger partial charge in [0.05, 0.1) is 0 Å². The molecule has 2 rings (SSSR count). The molecule has 1 fully saturated rings. The van der Waals surface area contributed by atoms with Gasteiger partial charge < -0.3 is 10.0 Å². The first-order valence-electron chi connectivity index (χ1n) is 5.66. The van der Waals surface area contributed by atoms with Gasteiger partial charge in [-0.15, -0.1) is 0 Å². The van der Waals surface area contributed by atoms with Crippen LogP contribution < -0.4 is 0 Å². The van der Waals surface area contributed by atoms with Gasteiger partial charge in [0.25, 0.3) is 0 Å². The molecule has 1 aliphatic rings. The highest BCUT2D eigenvalue weighted by atomic mass is 16.4. The van der Waals surface area contributed by atoms with Gasteiger partial charge in [0.15, 0.2) is 0 Å². The molecule has 1 saturated heterocycles. The van der Waals surface area contributed by atoms with E-state index in [0.717, 1.165) is 11.1 Å². The van der Waals surface area contributed by atoms with Gasteiger partial charge in [-0.2, -0.15) is 0 Å². The molecular formula is C13H15NO3. The molecule has 0 spiro atoms. The molecule has 17 heavy (non-hydrogen) atoms. The lowest BCUT2D eigenvalue weighted by molar-refractivity contribution is -0.146. The molecule has 0 unspecified atom stereocenters. The van der Waals surface area contributed by atoms with Crippen LogP contribution >= 0.6 is 0 Å². The monoisotopic (exact) mass is 233 g/mol. The Morgan fingerprint density at radius 1 is 1.53 bits per heavy atom. The molecule has 1 heterocycles. The number of likely N-dealkylation sites (tertiary alicyclic amines) is 1. The Balaban J connectivity index is 2.16. The fraction of sp³-hybridized carbons (Fsp3) is 0.385. The first-order chi connectivity index (χ1) is 8.08. The van der Waals surface area contributed by atoms with Crippen molar-refractivity contribution in [2.24, 2.45) is 0 Å². The summed E-state index contributed by atoms with van der Waals surface area (Å²) in [6, 6.07) is 7.12. The van der Waals surface area contributed by atoms with Crippen LogP contribution in [0.3, 0.4) is 0 Å². The molecule has 4 nitrogen and oxygen atoms in total. The molecule has 1 aromatic rings. The highest BCUT2D eigenvalue weighted by molar-refractivity contribution is 5.87. The van der Waals surface area contributed by atoms with Crippen molar-refractivity contribution in [1.82, 2.24) is 4.90 Å². The molecule has 0 saturated carbocycles. The summed E-state index contributed by atoms with van der Waals surface area (Å²) in [5.41, 5.74) is 2.09. The van der Waals surface area contributed by atoms with Gasteiger partial charge in [-0.3, -0.25) is 4.79 Å². The van der Waals surface area contributed by atoms with E-state index >= 15 is 0 Å². The molecular weight excluding hydrogens is 218 g/mol. The van der Waals surface area contributed by atoms with E-state index in [0.29, 0.717) is 19.4 Å². The van der Waals surface area contributed by atoms with Gasteiger partial charge in [-0.1, -0.05) is 29.8 Å². The lowest BCUT2D eigenvalue weighted by atomic mass is 10.1. The maximum atomic E-state index is 11.6. The average Bonchev–Trinajstić information content (AvgIpc) is 2.61. The van der Waals surface area contributed by atoms with Crippen LogP contribution in [-0.2, 0) is 16.1 Å². The normalized spacial score (nSPS) is 19.7. The Bertz CT molecular complexity index is 456. The van der Waals surface area contributed by atoms with Crippen molar-refractivity contribution in [3.05, 3.63) is 35.4 Å². The predicted molar refractivity (Wildman–Crippen MR) is 62.4 cm³/mol. The summed E-state index contributed by atoms with van der Waals surface area (Å²) in [5.74, 6) is -0.984. The van der Waals surface area contributed by atoms with E-state index in [2.05, 4.69) is 0 Å². The Hall–Kier alpha value is -1.84. The van der Waals surface area contributed by atoms with Gasteiger partial charge in [-0.25, -0.2) is 4.79 Å². The van der Waals surface area contributed by atoms with Gasteiger partial charge in [0.1, 0.15) is 6.04 Å². The van der Waals surface area contributed by atoms with Gasteiger partial charge in [-0.05, 0) is 18.9 Å². The molecule has 1 aliphatic heterocycles. The third-order valence-electron chi connectivity index (χ3n) is 3.05. The Labute approximate surface area is 99.9 Å². The minimum Gasteiger partial charge on any atom is -0.480 e. The topological polar surface area (TPSA) is 57.6 Å². The first kappa shape index (κ1) is 11.6. The largest absolute Gasteiger partial charge is 0.480 e. The van der Waals surface area contributed by atoms with E-state index < -0.39 is 12.0 Å². The number of carboxylic acid groups (broad SMARTS) is 1. The summed E-state index contributed by atoms with van der Waals surface area (Å²) in [7, 11) is 0. The van der Waals surface area contributed by atoms with Crippen molar-refractivity contribution in [1.29, 1.82) is 0 Å². The Morgan fingerprint density at radius 2 is 2.29 bits per heavy atom. The van der Waals surface area contributed by atoms with E-state index in [1.807, 2.05) is 31.2 Å². The van der Waals surface area contributed by atoms with Crippen LogP contribution in [0.15, 0.2) is 24.3 Å². The maximum Gasteiger partial charge on any atom is 0.326 e. The third kappa shape index (κ3) is 2.46. The minimum atomic E-state index is -0.913. The molecule has 0 bridgehead atoms. The van der Waals surface area contributed by atoms with Crippen molar-refractivity contribution in [3.63, 3.8) is 0 Å². The number of hydrogen-bond acceptors (Lipinski definition) is 2. The van der Waals surface area contributed by atoms with Crippen LogP contribution in [0, 0.1) is 6.92 Å². The quantitative estimate of drug-likeness (QED) is 0.862. The van der Waals surface area contributed by atoms with Crippen molar-refractivity contribution in [3.8, 4) is 0 Å². The second kappa shape index (κ2) is 4.57. The number of amides is 1. The summed E-state index contributed by atoms with van der Waals surface area (Å²) >= 11 is 0. The predicted octanol–water partition coefficient (Wildman–Crippen LogP) is 1.57. The van der Waals surface area contributed by atoms with E-state index in [9.17, 15) is 9.59 Å². The van der Waals surface area contributed by atoms with Gasteiger partial charge in [0, 0.05) is 13.0 Å². The zero-order valence-corrected chi connectivity index (χ0v) is 9.72. The van der Waals surface area contributed by atoms with E-state index in [1.54, 1.807) is 0 Å². The Kier molecular flexibility index (Phi) is 3.13. The summed E-state index contributed by atoms with van der Waals surface area (Å²) < 4.78 is 0. The average molecular weight is 233 g/mol. The summed E-state index contributed by atoms with van der Waals surface area (Å²) in [5, 5.41) is 9.04. The lowest BCUT2D eigenvalue weighted by Crippen LogP contribution is -2.37. The van der Waals surface area contributed by atoms with Crippen LogP contribution in [0.2, 0.25) is 0 Å². The number of aryl methyl sites for hydroxylation is 1. The number of hydrogen-bond donors (Lipinski definition) is 1. The number of benzene rings is 1. The molecule has 0 aliphatic carbocycles. The van der Waals surface area contributed by atoms with Crippen LogP contribution in [-0.4, -0.2) is 27.9 Å². The van der Waals surface area contributed by atoms with Crippen molar-refractivity contribution in [2.45, 2.75) is 32.4 Å². The lowest BCUT2D eigenvalue weighted by Gasteiger charge is -2.21. The zero-order chi connectivity index (χ0) is 12.4. The number of carboxylic acids is 1.